The van der Waals surface area contributed by atoms with E-state index in [1.807, 2.05) is 4.90 Å². The van der Waals surface area contributed by atoms with E-state index in [1.165, 1.54) is 12.1 Å². The molecule has 1 aliphatic rings. The summed E-state index contributed by atoms with van der Waals surface area (Å²) in [5.74, 6) is -0.126. The minimum absolute atomic E-state index is 0.126. The molecular weight excluding hydrogens is 301 g/mol. The Hall–Kier alpha value is -0.940. The van der Waals surface area contributed by atoms with Crippen molar-refractivity contribution in [1.29, 1.82) is 0 Å². The topological polar surface area (TPSA) is 6.48 Å². The van der Waals surface area contributed by atoms with Crippen LogP contribution in [0.4, 0.5) is 18.9 Å². The molecule has 0 bridgehead atoms. The van der Waals surface area contributed by atoms with Crippen LogP contribution in [-0.4, -0.2) is 37.6 Å². The van der Waals surface area contributed by atoms with E-state index < -0.39 is 11.7 Å². The molecule has 0 spiro atoms. The van der Waals surface area contributed by atoms with Gasteiger partial charge in [0.15, 0.2) is 0 Å². The molecule has 0 saturated carbocycles. The highest BCUT2D eigenvalue weighted by Gasteiger charge is 2.33. The maximum absolute atomic E-state index is 13.1. The Balaban J connectivity index is 2.15. The third-order valence-electron chi connectivity index (χ3n) is 3.82. The van der Waals surface area contributed by atoms with Crippen LogP contribution in [0.5, 0.6) is 0 Å². The maximum atomic E-state index is 13.1. The van der Waals surface area contributed by atoms with Crippen molar-refractivity contribution in [3.63, 3.8) is 0 Å². The summed E-state index contributed by atoms with van der Waals surface area (Å²) in [7, 11) is 0. The van der Waals surface area contributed by atoms with Crippen LogP contribution in [0.1, 0.15) is 24.5 Å². The van der Waals surface area contributed by atoms with E-state index in [0.29, 0.717) is 5.69 Å². The molecule has 1 aromatic rings. The number of piperazine rings is 1. The van der Waals surface area contributed by atoms with Crippen molar-refractivity contribution in [2.24, 2.45) is 0 Å². The van der Waals surface area contributed by atoms with Gasteiger partial charge < -0.3 is 4.90 Å². The molecule has 1 heterocycles. The number of hydrogen-bond donors (Lipinski definition) is 0. The van der Waals surface area contributed by atoms with Gasteiger partial charge in [0.2, 0.25) is 0 Å². The summed E-state index contributed by atoms with van der Waals surface area (Å²) >= 11 is 5.61. The van der Waals surface area contributed by atoms with Gasteiger partial charge in [-0.3, -0.25) is 4.90 Å². The van der Waals surface area contributed by atoms with Gasteiger partial charge in [0, 0.05) is 37.7 Å². The second-order valence-corrected chi connectivity index (χ2v) is 5.57. The van der Waals surface area contributed by atoms with E-state index in [2.05, 4.69) is 11.8 Å². The summed E-state index contributed by atoms with van der Waals surface area (Å²) < 4.78 is 39.2. The van der Waals surface area contributed by atoms with Crippen LogP contribution in [0.2, 0.25) is 0 Å². The summed E-state index contributed by atoms with van der Waals surface area (Å²) in [4.78, 5) is 4.35. The fourth-order valence-electron chi connectivity index (χ4n) is 2.69. The molecule has 0 N–H and O–H groups in total. The molecule has 2 nitrogen and oxygen atoms in total. The highest BCUT2D eigenvalue weighted by atomic mass is 35.5. The van der Waals surface area contributed by atoms with Crippen LogP contribution in [-0.2, 0) is 12.1 Å². The lowest BCUT2D eigenvalue weighted by atomic mass is 10.1. The summed E-state index contributed by atoms with van der Waals surface area (Å²) in [6, 6.07) is 4.46. The van der Waals surface area contributed by atoms with Crippen molar-refractivity contribution < 1.29 is 13.2 Å². The number of halogens is 4. The van der Waals surface area contributed by atoms with Gasteiger partial charge in [-0.2, -0.15) is 13.2 Å². The molecule has 1 aromatic carbocycles. The third kappa shape index (κ3) is 4.04. The Morgan fingerprint density at radius 2 is 1.81 bits per heavy atom. The van der Waals surface area contributed by atoms with Crippen molar-refractivity contribution in [2.75, 3.05) is 37.6 Å². The number of alkyl halides is 4. The number of rotatable bonds is 4. The molecule has 6 heteroatoms. The lowest BCUT2D eigenvalue weighted by Gasteiger charge is -2.36. The van der Waals surface area contributed by atoms with Gasteiger partial charge in [-0.1, -0.05) is 13.0 Å². The summed E-state index contributed by atoms with van der Waals surface area (Å²) in [5, 5.41) is 0. The van der Waals surface area contributed by atoms with E-state index in [4.69, 9.17) is 11.6 Å². The fraction of sp³-hybridized carbons (Fsp3) is 0.600. The smallest absolute Gasteiger partial charge is 0.369 e. The van der Waals surface area contributed by atoms with E-state index in [9.17, 15) is 13.2 Å². The summed E-state index contributed by atoms with van der Waals surface area (Å²) in [5.41, 5.74) is 0.149. The minimum Gasteiger partial charge on any atom is -0.369 e. The van der Waals surface area contributed by atoms with Gasteiger partial charge in [-0.15, -0.1) is 11.6 Å². The minimum atomic E-state index is -4.36. The second kappa shape index (κ2) is 6.88. The highest BCUT2D eigenvalue weighted by Crippen LogP contribution is 2.35. The second-order valence-electron chi connectivity index (χ2n) is 5.30. The molecule has 0 aromatic heterocycles. The van der Waals surface area contributed by atoms with Gasteiger partial charge in [-0.25, -0.2) is 0 Å². The normalized spacial score (nSPS) is 17.3. The zero-order valence-electron chi connectivity index (χ0n) is 12.1. The van der Waals surface area contributed by atoms with Crippen LogP contribution in [0.3, 0.4) is 0 Å². The van der Waals surface area contributed by atoms with Gasteiger partial charge in [-0.05, 0) is 30.7 Å². The number of nitrogens with zero attached hydrogens (tertiary/aromatic N) is 2. The van der Waals surface area contributed by atoms with Crippen molar-refractivity contribution >= 4 is 17.3 Å². The van der Waals surface area contributed by atoms with Gasteiger partial charge in [0.25, 0.3) is 0 Å². The Morgan fingerprint density at radius 1 is 1.14 bits per heavy atom. The monoisotopic (exact) mass is 320 g/mol. The molecule has 1 saturated heterocycles. The van der Waals surface area contributed by atoms with E-state index in [1.54, 1.807) is 6.07 Å². The van der Waals surface area contributed by atoms with Crippen molar-refractivity contribution in [3.05, 3.63) is 29.3 Å². The Morgan fingerprint density at radius 3 is 2.33 bits per heavy atom. The van der Waals surface area contributed by atoms with E-state index >= 15 is 0 Å². The largest absolute Gasteiger partial charge is 0.416 e. The van der Waals surface area contributed by atoms with Crippen LogP contribution in [0, 0.1) is 0 Å². The molecule has 118 valence electrons. The molecule has 0 radical (unpaired) electrons. The molecule has 1 aliphatic heterocycles. The lowest BCUT2D eigenvalue weighted by Crippen LogP contribution is -2.46. The van der Waals surface area contributed by atoms with Crippen molar-refractivity contribution in [1.82, 2.24) is 4.90 Å². The Kier molecular flexibility index (Phi) is 5.38. The zero-order chi connectivity index (χ0) is 15.5. The lowest BCUT2D eigenvalue weighted by molar-refractivity contribution is -0.138. The first-order valence-electron chi connectivity index (χ1n) is 7.19. The van der Waals surface area contributed by atoms with Crippen molar-refractivity contribution in [3.8, 4) is 0 Å². The van der Waals surface area contributed by atoms with Gasteiger partial charge in [0.05, 0.1) is 5.56 Å². The van der Waals surface area contributed by atoms with Gasteiger partial charge >= 0.3 is 6.18 Å². The van der Waals surface area contributed by atoms with Crippen LogP contribution < -0.4 is 4.90 Å². The van der Waals surface area contributed by atoms with E-state index in [-0.39, 0.29) is 11.4 Å². The fourth-order valence-corrected chi connectivity index (χ4v) is 2.92. The summed E-state index contributed by atoms with van der Waals surface area (Å²) in [6.45, 7) is 6.49. The SMILES string of the molecule is CCCN1CCN(c2ccc(CCl)c(C(F)(F)F)c2)CC1. The van der Waals surface area contributed by atoms with E-state index in [0.717, 1.165) is 39.1 Å². The van der Waals surface area contributed by atoms with Crippen LogP contribution >= 0.6 is 11.6 Å². The molecule has 2 rings (SSSR count). The maximum Gasteiger partial charge on any atom is 0.416 e. The molecule has 0 atom stereocenters. The predicted molar refractivity (Wildman–Crippen MR) is 79.9 cm³/mol. The summed E-state index contributed by atoms with van der Waals surface area (Å²) in [6.07, 6.45) is -3.26. The Labute approximate surface area is 128 Å². The first kappa shape index (κ1) is 16.4. The molecule has 1 fully saturated rings. The molecular formula is C15H20ClF3N2. The van der Waals surface area contributed by atoms with Crippen LogP contribution in [0.25, 0.3) is 0 Å². The van der Waals surface area contributed by atoms with Gasteiger partial charge in [0.1, 0.15) is 0 Å². The molecule has 0 unspecified atom stereocenters. The average Bonchev–Trinajstić information content (AvgIpc) is 2.47. The van der Waals surface area contributed by atoms with Crippen LogP contribution in [0.15, 0.2) is 18.2 Å². The first-order valence-corrected chi connectivity index (χ1v) is 7.72. The number of anilines is 1. The molecule has 0 aliphatic carbocycles. The predicted octanol–water partition coefficient (Wildman–Crippen LogP) is 3.98. The molecule has 21 heavy (non-hydrogen) atoms. The Bertz CT molecular complexity index is 468. The number of hydrogen-bond acceptors (Lipinski definition) is 2. The third-order valence-corrected chi connectivity index (χ3v) is 4.11. The zero-order valence-corrected chi connectivity index (χ0v) is 12.8. The van der Waals surface area contributed by atoms with Crippen molar-refractivity contribution in [2.45, 2.75) is 25.4 Å². The quantitative estimate of drug-likeness (QED) is 0.774. The molecule has 0 amide bonds. The average molecular weight is 321 g/mol. The standard InChI is InChI=1S/C15H20ClF3N2/c1-2-5-20-6-8-21(9-7-20)13-4-3-12(11-16)14(10-13)15(17,18)19/h3-4,10H,2,5-9,11H2,1H3. The first-order chi connectivity index (χ1) is 9.95. The number of benzene rings is 1. The highest BCUT2D eigenvalue weighted by molar-refractivity contribution is 6.17.